The summed E-state index contributed by atoms with van der Waals surface area (Å²) in [4.78, 5) is 0.0435. The van der Waals surface area contributed by atoms with Crippen LogP contribution in [0.1, 0.15) is 18.1 Å². The van der Waals surface area contributed by atoms with Gasteiger partial charge in [-0.15, -0.1) is 0 Å². The molecular weight excluding hydrogens is 495 g/mol. The van der Waals surface area contributed by atoms with Crippen molar-refractivity contribution in [2.45, 2.75) is 25.0 Å². The van der Waals surface area contributed by atoms with Gasteiger partial charge in [0.05, 0.1) is 11.5 Å². The number of anilines is 1. The second kappa shape index (κ2) is 10.6. The van der Waals surface area contributed by atoms with E-state index in [9.17, 15) is 8.42 Å². The van der Waals surface area contributed by atoms with Gasteiger partial charge >= 0.3 is 0 Å². The van der Waals surface area contributed by atoms with Crippen molar-refractivity contribution in [3.05, 3.63) is 80.8 Å². The lowest BCUT2D eigenvalue weighted by atomic mass is 10.2. The molecule has 0 aromatic heterocycles. The second-order valence-electron chi connectivity index (χ2n) is 6.77. The first kappa shape index (κ1) is 24.5. The van der Waals surface area contributed by atoms with E-state index in [0.29, 0.717) is 45.4 Å². The Morgan fingerprint density at radius 3 is 2.16 bits per heavy atom. The van der Waals surface area contributed by atoms with E-state index in [0.717, 1.165) is 11.1 Å². The van der Waals surface area contributed by atoms with Gasteiger partial charge in [0, 0.05) is 38.9 Å². The summed E-state index contributed by atoms with van der Waals surface area (Å²) in [6.07, 6.45) is 0. The van der Waals surface area contributed by atoms with Gasteiger partial charge in [0.2, 0.25) is 10.0 Å². The summed E-state index contributed by atoms with van der Waals surface area (Å²) in [6, 6.07) is 14.8. The van der Waals surface area contributed by atoms with Crippen molar-refractivity contribution >= 4 is 50.5 Å². The quantitative estimate of drug-likeness (QED) is 0.371. The maximum atomic E-state index is 11.4. The largest absolute Gasteiger partial charge is 0.490 e. The molecule has 0 fully saturated rings. The van der Waals surface area contributed by atoms with Crippen LogP contribution in [0, 0.1) is 0 Å². The Morgan fingerprint density at radius 1 is 0.875 bits per heavy atom. The Labute approximate surface area is 202 Å². The fourth-order valence-corrected chi connectivity index (χ4v) is 4.05. The molecule has 0 spiro atoms. The number of benzene rings is 3. The summed E-state index contributed by atoms with van der Waals surface area (Å²) in [5, 5.41) is 9.86. The van der Waals surface area contributed by atoms with Crippen molar-refractivity contribution in [3.63, 3.8) is 0 Å². The number of halogens is 3. The molecule has 0 aliphatic heterocycles. The minimum Gasteiger partial charge on any atom is -0.490 e. The monoisotopic (exact) mass is 514 g/mol. The zero-order chi connectivity index (χ0) is 23.3. The van der Waals surface area contributed by atoms with Crippen LogP contribution < -0.4 is 19.9 Å². The van der Waals surface area contributed by atoms with Gasteiger partial charge in [0.1, 0.15) is 6.61 Å². The van der Waals surface area contributed by atoms with E-state index >= 15 is 0 Å². The molecule has 3 N–H and O–H groups in total. The predicted octanol–water partition coefficient (Wildman–Crippen LogP) is 5.88. The van der Waals surface area contributed by atoms with E-state index in [2.05, 4.69) is 5.32 Å². The molecule has 0 heterocycles. The normalized spacial score (nSPS) is 11.3. The summed E-state index contributed by atoms with van der Waals surface area (Å²) in [5.41, 5.74) is 2.27. The fraction of sp³-hybridized carbons (Fsp3) is 0.182. The molecule has 32 heavy (non-hydrogen) atoms. The number of nitrogens with one attached hydrogen (secondary N) is 1. The Morgan fingerprint density at radius 2 is 1.53 bits per heavy atom. The first-order chi connectivity index (χ1) is 15.2. The molecule has 0 saturated carbocycles. The average molecular weight is 516 g/mol. The van der Waals surface area contributed by atoms with Gasteiger partial charge in [-0.1, -0.05) is 40.9 Å². The van der Waals surface area contributed by atoms with Gasteiger partial charge in [-0.25, -0.2) is 13.6 Å². The van der Waals surface area contributed by atoms with Gasteiger partial charge in [-0.2, -0.15) is 0 Å². The maximum absolute atomic E-state index is 11.4. The van der Waals surface area contributed by atoms with E-state index in [-0.39, 0.29) is 11.5 Å². The van der Waals surface area contributed by atoms with Gasteiger partial charge in [0.25, 0.3) is 0 Å². The third-order valence-corrected chi connectivity index (χ3v) is 6.34. The minimum absolute atomic E-state index is 0.0435. The summed E-state index contributed by atoms with van der Waals surface area (Å²) >= 11 is 18.6. The number of hydrogen-bond donors (Lipinski definition) is 2. The molecule has 0 radical (unpaired) electrons. The summed E-state index contributed by atoms with van der Waals surface area (Å²) in [5.74, 6) is 1.03. The smallest absolute Gasteiger partial charge is 0.238 e. The first-order valence-corrected chi connectivity index (χ1v) is 12.2. The molecule has 0 saturated heterocycles. The molecule has 0 unspecified atom stereocenters. The van der Waals surface area contributed by atoms with Gasteiger partial charge in [-0.05, 0) is 55.0 Å². The van der Waals surface area contributed by atoms with Crippen molar-refractivity contribution < 1.29 is 17.9 Å². The second-order valence-corrected chi connectivity index (χ2v) is 9.58. The summed E-state index contributed by atoms with van der Waals surface area (Å²) < 4.78 is 34.4. The Balaban J connectivity index is 1.74. The Kier molecular flexibility index (Phi) is 8.14. The van der Waals surface area contributed by atoms with Crippen LogP contribution in [0.25, 0.3) is 0 Å². The molecule has 0 aliphatic rings. The van der Waals surface area contributed by atoms with Crippen LogP contribution in [0.2, 0.25) is 15.1 Å². The zero-order valence-corrected chi connectivity index (χ0v) is 20.2. The number of hydrogen-bond acceptors (Lipinski definition) is 5. The molecule has 170 valence electrons. The lowest BCUT2D eigenvalue weighted by Crippen LogP contribution is -2.12. The summed E-state index contributed by atoms with van der Waals surface area (Å²) in [7, 11) is -3.73. The maximum Gasteiger partial charge on any atom is 0.238 e. The first-order valence-electron chi connectivity index (χ1n) is 9.56. The van der Waals surface area contributed by atoms with Crippen molar-refractivity contribution in [2.24, 2.45) is 5.14 Å². The highest BCUT2D eigenvalue weighted by molar-refractivity contribution is 7.89. The molecule has 6 nitrogen and oxygen atoms in total. The molecule has 0 amide bonds. The van der Waals surface area contributed by atoms with Crippen molar-refractivity contribution in [2.75, 3.05) is 11.9 Å². The fourth-order valence-electron chi connectivity index (χ4n) is 2.85. The van der Waals surface area contributed by atoms with E-state index in [4.69, 9.17) is 49.4 Å². The lowest BCUT2D eigenvalue weighted by molar-refractivity contribution is 0.269. The van der Waals surface area contributed by atoms with Crippen LogP contribution in [0.3, 0.4) is 0 Å². The zero-order valence-electron chi connectivity index (χ0n) is 17.1. The standard InChI is InChI=1S/C22H21Cl3N2O4S/c1-2-30-21-9-15(12-27-17-5-7-18(8-6-17)32(26,28)29)20(25)11-22(21)31-13-14-3-4-16(23)10-19(14)24/h3-11,27H,2,12-13H2,1H3,(H2,26,28,29). The van der Waals surface area contributed by atoms with Crippen LogP contribution in [0.15, 0.2) is 59.5 Å². The molecule has 0 atom stereocenters. The van der Waals surface area contributed by atoms with Crippen LogP contribution in [0.5, 0.6) is 11.5 Å². The minimum atomic E-state index is -3.73. The third kappa shape index (κ3) is 6.43. The predicted molar refractivity (Wildman–Crippen MR) is 129 cm³/mol. The van der Waals surface area contributed by atoms with Crippen molar-refractivity contribution in [3.8, 4) is 11.5 Å². The number of primary sulfonamides is 1. The van der Waals surface area contributed by atoms with E-state index in [1.54, 1.807) is 42.5 Å². The summed E-state index contributed by atoms with van der Waals surface area (Å²) in [6.45, 7) is 2.93. The molecular formula is C22H21Cl3N2O4S. The van der Waals surface area contributed by atoms with E-state index < -0.39 is 10.0 Å². The Bertz CT molecular complexity index is 1200. The van der Waals surface area contributed by atoms with Crippen LogP contribution >= 0.6 is 34.8 Å². The average Bonchev–Trinajstić information content (AvgIpc) is 2.73. The third-order valence-electron chi connectivity index (χ3n) is 4.48. The molecule has 3 aromatic carbocycles. The van der Waals surface area contributed by atoms with Gasteiger partial charge in [0.15, 0.2) is 11.5 Å². The topological polar surface area (TPSA) is 90.6 Å². The van der Waals surface area contributed by atoms with Gasteiger partial charge in [-0.3, -0.25) is 0 Å². The number of nitrogens with two attached hydrogens (primary N) is 1. The number of sulfonamides is 1. The highest BCUT2D eigenvalue weighted by Gasteiger charge is 2.13. The SMILES string of the molecule is CCOc1cc(CNc2ccc(S(N)(=O)=O)cc2)c(Cl)cc1OCc1ccc(Cl)cc1Cl. The number of ether oxygens (including phenoxy) is 2. The van der Waals surface area contributed by atoms with Crippen molar-refractivity contribution in [1.29, 1.82) is 0 Å². The van der Waals surface area contributed by atoms with E-state index in [1.165, 1.54) is 12.1 Å². The lowest BCUT2D eigenvalue weighted by Gasteiger charge is -2.16. The van der Waals surface area contributed by atoms with Crippen LogP contribution in [0.4, 0.5) is 5.69 Å². The Hall–Kier alpha value is -2.16. The number of rotatable bonds is 9. The molecule has 3 aromatic rings. The molecule has 10 heteroatoms. The molecule has 3 rings (SSSR count). The molecule has 0 aliphatic carbocycles. The van der Waals surface area contributed by atoms with Crippen LogP contribution in [-0.4, -0.2) is 15.0 Å². The highest BCUT2D eigenvalue weighted by Crippen LogP contribution is 2.35. The van der Waals surface area contributed by atoms with Gasteiger partial charge < -0.3 is 14.8 Å². The van der Waals surface area contributed by atoms with Crippen LogP contribution in [-0.2, 0) is 23.2 Å². The highest BCUT2D eigenvalue weighted by atomic mass is 35.5. The molecule has 0 bridgehead atoms. The van der Waals surface area contributed by atoms with E-state index in [1.807, 2.05) is 6.92 Å². The van der Waals surface area contributed by atoms with Crippen molar-refractivity contribution in [1.82, 2.24) is 0 Å².